The number of amides is 3. The van der Waals surface area contributed by atoms with Crippen molar-refractivity contribution in [3.8, 4) is 5.75 Å². The number of aromatic nitrogens is 1. The summed E-state index contributed by atoms with van der Waals surface area (Å²) < 4.78 is 61.2. The molecule has 0 radical (unpaired) electrons. The first-order valence-corrected chi connectivity index (χ1v) is 18.8. The number of carbonyl (C=O) groups is 4. The largest absolute Gasteiger partial charge is 0.483 e. The van der Waals surface area contributed by atoms with E-state index in [0.29, 0.717) is 25.7 Å². The first-order chi connectivity index (χ1) is 25.4. The molecule has 16 heteroatoms. The van der Waals surface area contributed by atoms with Crippen LogP contribution in [-0.4, -0.2) is 80.8 Å². The molecule has 294 valence electrons. The van der Waals surface area contributed by atoms with E-state index < -0.39 is 88.9 Å². The molecule has 1 aromatic heterocycles. The van der Waals surface area contributed by atoms with E-state index in [1.807, 2.05) is 12.2 Å². The number of nitrogens with one attached hydrogen (secondary N) is 2. The highest BCUT2D eigenvalue weighted by atomic mass is 35.5. The Labute approximate surface area is 316 Å². The van der Waals surface area contributed by atoms with Crippen LogP contribution in [0.1, 0.15) is 103 Å². The maximum Gasteiger partial charge on any atom is 0.437 e. The number of allylic oxidation sites excluding steroid dienone is 1. The maximum atomic E-state index is 14.7. The Morgan fingerprint density at radius 3 is 2.57 bits per heavy atom. The molecule has 1 saturated carbocycles. The number of hydrogen-bond donors (Lipinski definition) is 3. The molecule has 3 aliphatic heterocycles. The average Bonchev–Trinajstić information content (AvgIpc) is 3.42. The van der Waals surface area contributed by atoms with E-state index in [0.717, 1.165) is 6.42 Å². The van der Waals surface area contributed by atoms with Gasteiger partial charge in [0.1, 0.15) is 28.8 Å². The number of benzene rings is 1. The molecule has 6 unspecified atom stereocenters. The number of ether oxygens (including phenoxy) is 3. The minimum atomic E-state index is -5.03. The highest BCUT2D eigenvalue weighted by Gasteiger charge is 2.59. The van der Waals surface area contributed by atoms with Gasteiger partial charge in [0.25, 0.3) is 0 Å². The monoisotopic (exact) mass is 778 g/mol. The summed E-state index contributed by atoms with van der Waals surface area (Å²) in [5, 5.41) is 17.3. The molecule has 6 rings (SSSR count). The zero-order valence-electron chi connectivity index (χ0n) is 30.7. The average molecular weight is 779 g/mol. The highest BCUT2D eigenvalue weighted by molar-refractivity contribution is 6.35. The van der Waals surface area contributed by atoms with Gasteiger partial charge in [-0.25, -0.2) is 14.6 Å². The minimum Gasteiger partial charge on any atom is -0.483 e. The SMILES string of the molecule is CCOC(=O)C12CCC1C=CCCCCCC(NC(=O)OC(C)(C)C)C(=O)N1CC3(CC(O)c4c(c(C(F)(F)F)nc5c(Cl)cccc45)O3)CC1C(=O)N2. The van der Waals surface area contributed by atoms with Crippen molar-refractivity contribution in [2.45, 2.75) is 127 Å². The number of alkyl carbamates (subject to hydrolysis) is 1. The standard InChI is InChI=1S/C38H46ClF3N4O8/c1-5-52-33(50)37-17-16-21(37)12-9-7-6-8-10-15-24(43-34(51)54-35(2,3)4)32(49)46-20-36(18-25(46)31(48)45-37)19-26(47)27-22-13-11-14-23(39)28(22)44-30(29(27)53-36)38(40,41)42/h9,11-14,21,24-26,47H,5-8,10,15-20H2,1-4H3,(H,43,51)(H,45,48). The van der Waals surface area contributed by atoms with Crippen molar-refractivity contribution < 1.29 is 51.7 Å². The van der Waals surface area contributed by atoms with Gasteiger partial charge in [0.05, 0.1) is 29.8 Å². The van der Waals surface area contributed by atoms with E-state index >= 15 is 0 Å². The summed E-state index contributed by atoms with van der Waals surface area (Å²) in [5.41, 5.74) is -5.77. The van der Waals surface area contributed by atoms with Gasteiger partial charge >= 0.3 is 18.2 Å². The Morgan fingerprint density at radius 2 is 1.91 bits per heavy atom. The molecule has 1 spiro atoms. The Hall–Kier alpha value is -4.11. The van der Waals surface area contributed by atoms with Gasteiger partial charge in [-0.15, -0.1) is 0 Å². The van der Waals surface area contributed by atoms with Crippen molar-refractivity contribution in [1.82, 2.24) is 20.5 Å². The second-order valence-corrected chi connectivity index (χ2v) is 16.0. The van der Waals surface area contributed by atoms with Gasteiger partial charge in [0.2, 0.25) is 11.8 Å². The number of fused-ring (bicyclic) bond motifs is 5. The summed E-state index contributed by atoms with van der Waals surface area (Å²) in [4.78, 5) is 60.7. The lowest BCUT2D eigenvalue weighted by molar-refractivity contribution is -0.161. The number of para-hydroxylation sites is 1. The number of carbonyl (C=O) groups excluding carboxylic acids is 4. The van der Waals surface area contributed by atoms with Crippen LogP contribution in [0.4, 0.5) is 18.0 Å². The molecule has 0 bridgehead atoms. The third kappa shape index (κ3) is 7.71. The summed E-state index contributed by atoms with van der Waals surface area (Å²) in [7, 11) is 0. The zero-order valence-corrected chi connectivity index (χ0v) is 31.4. The van der Waals surface area contributed by atoms with Crippen molar-refractivity contribution in [3.05, 3.63) is 46.6 Å². The predicted octanol–water partition coefficient (Wildman–Crippen LogP) is 6.30. The maximum absolute atomic E-state index is 14.7. The normalized spacial score (nSPS) is 29.1. The molecule has 1 saturated heterocycles. The van der Waals surface area contributed by atoms with Crippen molar-refractivity contribution in [3.63, 3.8) is 0 Å². The molecule has 4 heterocycles. The molecule has 1 aliphatic carbocycles. The van der Waals surface area contributed by atoms with E-state index in [4.69, 9.17) is 25.8 Å². The number of alkyl halides is 3. The summed E-state index contributed by atoms with van der Waals surface area (Å²) in [6, 6.07) is 1.83. The van der Waals surface area contributed by atoms with Crippen LogP contribution < -0.4 is 15.4 Å². The number of hydrogen-bond acceptors (Lipinski definition) is 9. The molecule has 3 N–H and O–H groups in total. The third-order valence-corrected chi connectivity index (χ3v) is 10.9. The number of halogens is 4. The van der Waals surface area contributed by atoms with Gasteiger partial charge < -0.3 is 34.9 Å². The lowest BCUT2D eigenvalue weighted by Crippen LogP contribution is -2.67. The Kier molecular flexibility index (Phi) is 10.9. The van der Waals surface area contributed by atoms with E-state index in [-0.39, 0.29) is 53.8 Å². The van der Waals surface area contributed by atoms with Gasteiger partial charge in [-0.1, -0.05) is 48.7 Å². The molecule has 3 amide bonds. The Bertz CT molecular complexity index is 1850. The summed E-state index contributed by atoms with van der Waals surface area (Å²) >= 11 is 6.26. The van der Waals surface area contributed by atoms with Crippen molar-refractivity contribution in [2.75, 3.05) is 13.2 Å². The van der Waals surface area contributed by atoms with Gasteiger partial charge in [-0.2, -0.15) is 13.2 Å². The third-order valence-electron chi connectivity index (χ3n) is 10.6. The van der Waals surface area contributed by atoms with Crippen molar-refractivity contribution >= 4 is 46.4 Å². The van der Waals surface area contributed by atoms with Crippen LogP contribution in [0.25, 0.3) is 10.9 Å². The Balaban J connectivity index is 1.44. The number of esters is 1. The van der Waals surface area contributed by atoms with Crippen LogP contribution in [0.2, 0.25) is 5.02 Å². The van der Waals surface area contributed by atoms with Crippen molar-refractivity contribution in [1.29, 1.82) is 0 Å². The van der Waals surface area contributed by atoms with Crippen molar-refractivity contribution in [2.24, 2.45) is 5.92 Å². The van der Waals surface area contributed by atoms with E-state index in [2.05, 4.69) is 15.6 Å². The van der Waals surface area contributed by atoms with Crippen LogP contribution in [-0.2, 0) is 30.0 Å². The van der Waals surface area contributed by atoms with Gasteiger partial charge in [0.15, 0.2) is 11.4 Å². The van der Waals surface area contributed by atoms with E-state index in [9.17, 15) is 37.5 Å². The second-order valence-electron chi connectivity index (χ2n) is 15.6. The van der Waals surface area contributed by atoms with Crippen LogP contribution >= 0.6 is 11.6 Å². The fraction of sp³-hybridized carbons (Fsp3) is 0.605. The zero-order chi connectivity index (χ0) is 39.2. The predicted molar refractivity (Wildman–Crippen MR) is 190 cm³/mol. The topological polar surface area (TPSA) is 156 Å². The number of nitrogens with zero attached hydrogens (tertiary/aromatic N) is 2. The second kappa shape index (κ2) is 14.9. The van der Waals surface area contributed by atoms with E-state index in [1.54, 1.807) is 27.7 Å². The molecule has 2 fully saturated rings. The van der Waals surface area contributed by atoms with Crippen LogP contribution in [0.3, 0.4) is 0 Å². The molecule has 6 atom stereocenters. The minimum absolute atomic E-state index is 0.0504. The quantitative estimate of drug-likeness (QED) is 0.240. The molecule has 12 nitrogen and oxygen atoms in total. The summed E-state index contributed by atoms with van der Waals surface area (Å²) in [6.45, 7) is 6.29. The number of pyridine rings is 1. The first kappa shape index (κ1) is 39.6. The smallest absolute Gasteiger partial charge is 0.437 e. The summed E-state index contributed by atoms with van der Waals surface area (Å²) in [5.74, 6) is -3.19. The fourth-order valence-corrected chi connectivity index (χ4v) is 8.29. The van der Waals surface area contributed by atoms with Gasteiger partial charge in [-0.3, -0.25) is 9.59 Å². The molecule has 54 heavy (non-hydrogen) atoms. The number of aliphatic hydroxyl groups is 1. The highest BCUT2D eigenvalue weighted by Crippen LogP contribution is 2.52. The van der Waals surface area contributed by atoms with Gasteiger partial charge in [0, 0.05) is 29.7 Å². The first-order valence-electron chi connectivity index (χ1n) is 18.4. The fourth-order valence-electron chi connectivity index (χ4n) is 8.07. The lowest BCUT2D eigenvalue weighted by atomic mass is 9.66. The van der Waals surface area contributed by atoms with Crippen LogP contribution in [0, 0.1) is 5.92 Å². The molecular formula is C38H46ClF3N4O8. The van der Waals surface area contributed by atoms with Gasteiger partial charge in [-0.05, 0) is 65.9 Å². The Morgan fingerprint density at radius 1 is 1.15 bits per heavy atom. The van der Waals surface area contributed by atoms with E-state index in [1.165, 1.54) is 23.1 Å². The molecule has 2 aromatic rings. The number of rotatable bonds is 3. The van der Waals surface area contributed by atoms with Crippen LogP contribution in [0.15, 0.2) is 30.4 Å². The lowest BCUT2D eigenvalue weighted by Gasteiger charge is -2.47. The van der Waals surface area contributed by atoms with Crippen LogP contribution in [0.5, 0.6) is 5.75 Å². The number of aliphatic hydroxyl groups excluding tert-OH is 1. The molecule has 4 aliphatic rings. The molecule has 1 aromatic carbocycles. The molecular weight excluding hydrogens is 733 g/mol. The summed E-state index contributed by atoms with van der Waals surface area (Å²) in [6.07, 6.45) is -0.537.